The summed E-state index contributed by atoms with van der Waals surface area (Å²) in [5, 5.41) is 12.0. The number of nitrogens with zero attached hydrogens (tertiary/aromatic N) is 2. The van der Waals surface area contributed by atoms with Crippen molar-refractivity contribution in [3.05, 3.63) is 30.1 Å². The zero-order chi connectivity index (χ0) is 13.9. The van der Waals surface area contributed by atoms with Crippen LogP contribution in [0.5, 0.6) is 0 Å². The van der Waals surface area contributed by atoms with Crippen molar-refractivity contribution in [2.75, 3.05) is 19.6 Å². The Morgan fingerprint density at radius 1 is 1.45 bits per heavy atom. The minimum atomic E-state index is -3.65. The SMILES string of the molecule is Cl.O=C(O)C1CNCCN1S(=O)(=O)Cc1ccncc1. The van der Waals surface area contributed by atoms with E-state index < -0.39 is 22.0 Å². The maximum Gasteiger partial charge on any atom is 0.323 e. The van der Waals surface area contributed by atoms with Crippen molar-refractivity contribution in [3.8, 4) is 0 Å². The van der Waals surface area contributed by atoms with Gasteiger partial charge in [-0.1, -0.05) is 0 Å². The van der Waals surface area contributed by atoms with Crippen LogP contribution < -0.4 is 5.32 Å². The fourth-order valence-electron chi connectivity index (χ4n) is 2.00. The van der Waals surface area contributed by atoms with E-state index in [1.165, 1.54) is 12.4 Å². The molecule has 2 N–H and O–H groups in total. The molecule has 2 heterocycles. The van der Waals surface area contributed by atoms with Gasteiger partial charge < -0.3 is 10.4 Å². The molecule has 1 aliphatic heterocycles. The van der Waals surface area contributed by atoms with Crippen LogP contribution in [0.1, 0.15) is 5.56 Å². The van der Waals surface area contributed by atoms with Gasteiger partial charge in [0.2, 0.25) is 10.0 Å². The lowest BCUT2D eigenvalue weighted by Gasteiger charge is -2.32. The molecule has 0 radical (unpaired) electrons. The predicted molar refractivity (Wildman–Crippen MR) is 75.1 cm³/mol. The van der Waals surface area contributed by atoms with E-state index in [1.807, 2.05) is 0 Å². The van der Waals surface area contributed by atoms with Crippen LogP contribution in [0.15, 0.2) is 24.5 Å². The molecule has 1 unspecified atom stereocenters. The first-order valence-electron chi connectivity index (χ1n) is 5.82. The first-order chi connectivity index (χ1) is 9.00. The maximum atomic E-state index is 12.3. The van der Waals surface area contributed by atoms with Gasteiger partial charge >= 0.3 is 5.97 Å². The fraction of sp³-hybridized carbons (Fsp3) is 0.455. The number of aromatic nitrogens is 1. The van der Waals surface area contributed by atoms with Crippen LogP contribution in [0, 0.1) is 0 Å². The molecule has 20 heavy (non-hydrogen) atoms. The lowest BCUT2D eigenvalue weighted by Crippen LogP contribution is -2.57. The van der Waals surface area contributed by atoms with Crippen LogP contribution in [0.4, 0.5) is 0 Å². The van der Waals surface area contributed by atoms with E-state index in [0.29, 0.717) is 12.1 Å². The molecule has 0 aliphatic carbocycles. The number of carboxylic acid groups (broad SMARTS) is 1. The summed E-state index contributed by atoms with van der Waals surface area (Å²) in [6.45, 7) is 0.759. The van der Waals surface area contributed by atoms with Crippen LogP contribution in [0.3, 0.4) is 0 Å². The van der Waals surface area contributed by atoms with E-state index in [0.717, 1.165) is 4.31 Å². The number of hydrogen-bond acceptors (Lipinski definition) is 5. The number of aliphatic carboxylic acids is 1. The molecular formula is C11H16ClN3O4S. The van der Waals surface area contributed by atoms with Crippen molar-refractivity contribution < 1.29 is 18.3 Å². The zero-order valence-electron chi connectivity index (χ0n) is 10.6. The minimum Gasteiger partial charge on any atom is -0.480 e. The van der Waals surface area contributed by atoms with Gasteiger partial charge in [-0.25, -0.2) is 8.42 Å². The molecule has 9 heteroatoms. The number of nitrogens with one attached hydrogen (secondary N) is 1. The summed E-state index contributed by atoms with van der Waals surface area (Å²) in [5.74, 6) is -1.34. The highest BCUT2D eigenvalue weighted by Gasteiger charge is 2.36. The lowest BCUT2D eigenvalue weighted by atomic mass is 10.2. The molecular weight excluding hydrogens is 306 g/mol. The van der Waals surface area contributed by atoms with Crippen LogP contribution >= 0.6 is 12.4 Å². The normalized spacial score (nSPS) is 20.1. The van der Waals surface area contributed by atoms with Gasteiger partial charge in [-0.05, 0) is 17.7 Å². The number of carbonyl (C=O) groups is 1. The first-order valence-corrected chi connectivity index (χ1v) is 7.43. The molecule has 1 saturated heterocycles. The van der Waals surface area contributed by atoms with E-state index in [1.54, 1.807) is 12.1 Å². The number of carboxylic acids is 1. The number of halogens is 1. The minimum absolute atomic E-state index is 0. The van der Waals surface area contributed by atoms with E-state index in [4.69, 9.17) is 5.11 Å². The van der Waals surface area contributed by atoms with Gasteiger partial charge in [-0.2, -0.15) is 4.31 Å². The van der Waals surface area contributed by atoms with Crippen molar-refractivity contribution >= 4 is 28.4 Å². The topological polar surface area (TPSA) is 99.6 Å². The number of sulfonamides is 1. The van der Waals surface area contributed by atoms with Gasteiger partial charge in [0, 0.05) is 32.0 Å². The molecule has 0 saturated carbocycles. The third kappa shape index (κ3) is 3.89. The van der Waals surface area contributed by atoms with Crippen molar-refractivity contribution in [3.63, 3.8) is 0 Å². The van der Waals surface area contributed by atoms with Gasteiger partial charge in [-0.3, -0.25) is 9.78 Å². The van der Waals surface area contributed by atoms with Gasteiger partial charge in [0.15, 0.2) is 0 Å². The molecule has 1 aromatic rings. The summed E-state index contributed by atoms with van der Waals surface area (Å²) < 4.78 is 25.6. The number of rotatable bonds is 4. The Bertz CT molecular complexity index is 552. The Labute approximate surface area is 123 Å². The molecule has 2 rings (SSSR count). The molecule has 0 bridgehead atoms. The molecule has 7 nitrogen and oxygen atoms in total. The monoisotopic (exact) mass is 321 g/mol. The predicted octanol–water partition coefficient (Wildman–Crippen LogP) is -0.308. The number of piperazine rings is 1. The van der Waals surface area contributed by atoms with E-state index >= 15 is 0 Å². The Hall–Kier alpha value is -1.22. The standard InChI is InChI=1S/C11H15N3O4S.ClH/c15-11(16)10-7-13-5-6-14(10)19(17,18)8-9-1-3-12-4-2-9;/h1-4,10,13H,5-8H2,(H,15,16);1H. The van der Waals surface area contributed by atoms with Gasteiger partial charge in [0.05, 0.1) is 5.75 Å². The lowest BCUT2D eigenvalue weighted by molar-refractivity contribution is -0.141. The average Bonchev–Trinajstić information content (AvgIpc) is 2.39. The van der Waals surface area contributed by atoms with Gasteiger partial charge in [0.25, 0.3) is 0 Å². The van der Waals surface area contributed by atoms with Crippen molar-refractivity contribution in [2.45, 2.75) is 11.8 Å². The second-order valence-electron chi connectivity index (χ2n) is 4.28. The summed E-state index contributed by atoms with van der Waals surface area (Å²) >= 11 is 0. The molecule has 1 fully saturated rings. The Balaban J connectivity index is 0.00000200. The van der Waals surface area contributed by atoms with E-state index in [2.05, 4.69) is 10.3 Å². The zero-order valence-corrected chi connectivity index (χ0v) is 12.2. The van der Waals surface area contributed by atoms with Crippen LogP contribution in [0.25, 0.3) is 0 Å². The van der Waals surface area contributed by atoms with Crippen LogP contribution in [0.2, 0.25) is 0 Å². The number of hydrogen-bond donors (Lipinski definition) is 2. The maximum absolute atomic E-state index is 12.3. The summed E-state index contributed by atoms with van der Waals surface area (Å²) in [4.78, 5) is 14.9. The van der Waals surface area contributed by atoms with Crippen molar-refractivity contribution in [1.29, 1.82) is 0 Å². The Kier molecular flexibility index (Phi) is 5.88. The molecule has 112 valence electrons. The summed E-state index contributed by atoms with van der Waals surface area (Å²) in [6.07, 6.45) is 3.02. The van der Waals surface area contributed by atoms with E-state index in [-0.39, 0.29) is 31.2 Å². The summed E-state index contributed by atoms with van der Waals surface area (Å²) in [5.41, 5.74) is 0.595. The summed E-state index contributed by atoms with van der Waals surface area (Å²) in [7, 11) is -3.65. The molecule has 1 aromatic heterocycles. The average molecular weight is 322 g/mol. The Morgan fingerprint density at radius 2 is 2.10 bits per heavy atom. The van der Waals surface area contributed by atoms with E-state index in [9.17, 15) is 13.2 Å². The van der Waals surface area contributed by atoms with Crippen molar-refractivity contribution in [1.82, 2.24) is 14.6 Å². The van der Waals surface area contributed by atoms with Crippen molar-refractivity contribution in [2.24, 2.45) is 0 Å². The second kappa shape index (κ2) is 6.98. The molecule has 1 aliphatic rings. The van der Waals surface area contributed by atoms with Gasteiger partial charge in [0.1, 0.15) is 6.04 Å². The molecule has 0 amide bonds. The highest BCUT2D eigenvalue weighted by molar-refractivity contribution is 7.88. The molecule has 1 atom stereocenters. The highest BCUT2D eigenvalue weighted by Crippen LogP contribution is 2.15. The van der Waals surface area contributed by atoms with Crippen LogP contribution in [-0.4, -0.2) is 54.5 Å². The fourth-order valence-corrected chi connectivity index (χ4v) is 3.70. The van der Waals surface area contributed by atoms with Crippen LogP contribution in [-0.2, 0) is 20.6 Å². The Morgan fingerprint density at radius 3 is 2.70 bits per heavy atom. The first kappa shape index (κ1) is 16.8. The molecule has 0 aromatic carbocycles. The largest absolute Gasteiger partial charge is 0.480 e. The molecule has 0 spiro atoms. The quantitative estimate of drug-likeness (QED) is 0.789. The smallest absolute Gasteiger partial charge is 0.323 e. The number of pyridine rings is 1. The third-order valence-corrected chi connectivity index (χ3v) is 4.78. The highest BCUT2D eigenvalue weighted by atomic mass is 35.5. The third-order valence-electron chi connectivity index (χ3n) is 2.94. The van der Waals surface area contributed by atoms with Gasteiger partial charge in [-0.15, -0.1) is 12.4 Å². The summed E-state index contributed by atoms with van der Waals surface area (Å²) in [6, 6.07) is 2.17. The second-order valence-corrected chi connectivity index (χ2v) is 6.20.